The van der Waals surface area contributed by atoms with E-state index in [1.807, 2.05) is 36.9 Å². The highest BCUT2D eigenvalue weighted by Gasteiger charge is 2.22. The summed E-state index contributed by atoms with van der Waals surface area (Å²) in [5.74, 6) is 0. The lowest BCUT2D eigenvalue weighted by Gasteiger charge is -2.15. The molecule has 5 aromatic heterocycles. The van der Waals surface area contributed by atoms with Gasteiger partial charge in [-0.15, -0.1) is 0 Å². The average molecular weight is 899 g/mol. The number of rotatable bonds is 15. The molecule has 0 spiro atoms. The summed E-state index contributed by atoms with van der Waals surface area (Å²) in [5.41, 5.74) is 23.1. The van der Waals surface area contributed by atoms with Crippen LogP contribution in [0, 0.1) is 0 Å². The average Bonchev–Trinajstić information content (AvgIpc) is 3.99. The highest BCUT2D eigenvalue weighted by Crippen LogP contribution is 2.35. The van der Waals surface area contributed by atoms with Gasteiger partial charge in [-0.1, -0.05) is 105 Å². The Morgan fingerprint density at radius 3 is 1.36 bits per heavy atom. The Balaban J connectivity index is 0.985. The quantitative estimate of drug-likeness (QED) is 0.112. The van der Waals surface area contributed by atoms with E-state index in [2.05, 4.69) is 222 Å². The first-order chi connectivity index (χ1) is 33.9. The third-order valence-electron chi connectivity index (χ3n) is 13.5. The molecule has 9 aromatic rings. The van der Waals surface area contributed by atoms with Crippen LogP contribution in [0.5, 0.6) is 0 Å². The van der Waals surface area contributed by atoms with Crippen LogP contribution in [-0.4, -0.2) is 23.7 Å². The summed E-state index contributed by atoms with van der Waals surface area (Å²) in [6.07, 6.45) is 32.1. The summed E-state index contributed by atoms with van der Waals surface area (Å²) in [7, 11) is 0. The van der Waals surface area contributed by atoms with E-state index in [9.17, 15) is 0 Å². The number of allylic oxidation sites excluding steroid dienone is 3. The van der Waals surface area contributed by atoms with Gasteiger partial charge in [0.25, 0.3) is 0 Å². The maximum absolute atomic E-state index is 4.44. The molecule has 0 atom stereocenters. The number of fused-ring (bicyclic) bond motifs is 3. The van der Waals surface area contributed by atoms with Gasteiger partial charge < -0.3 is 19.0 Å². The highest BCUT2D eigenvalue weighted by atomic mass is 15.0. The smallest absolute Gasteiger partial charge is 0.0571 e. The van der Waals surface area contributed by atoms with Crippen molar-refractivity contribution in [3.05, 3.63) is 244 Å². The van der Waals surface area contributed by atoms with Crippen LogP contribution < -0.4 is 5.32 Å². The molecular weight excluding hydrogens is 841 g/mol. The Morgan fingerprint density at radius 1 is 0.536 bits per heavy atom. The van der Waals surface area contributed by atoms with Crippen LogP contribution in [0.25, 0.3) is 75.3 Å². The van der Waals surface area contributed by atoms with E-state index in [0.29, 0.717) is 0 Å². The Bertz CT molecular complexity index is 3320. The molecular formula is C63H58N6. The summed E-state index contributed by atoms with van der Waals surface area (Å²) < 4.78 is 7.05. The van der Waals surface area contributed by atoms with E-state index < -0.39 is 0 Å². The predicted octanol–water partition coefficient (Wildman–Crippen LogP) is 14.9. The van der Waals surface area contributed by atoms with Crippen LogP contribution in [0.2, 0.25) is 0 Å². The molecule has 0 bridgehead atoms. The molecule has 340 valence electrons. The van der Waals surface area contributed by atoms with Gasteiger partial charge in [0.2, 0.25) is 0 Å². The number of nitrogens with zero attached hydrogens (tertiary/aromatic N) is 5. The number of hydrogen-bond donors (Lipinski definition) is 1. The molecule has 1 aliphatic heterocycles. The zero-order valence-electron chi connectivity index (χ0n) is 40.1. The lowest BCUT2D eigenvalue weighted by atomic mass is 9.94. The first-order valence-corrected chi connectivity index (χ1v) is 24.1. The number of benzene rings is 4. The second-order valence-electron chi connectivity index (χ2n) is 17.8. The van der Waals surface area contributed by atoms with Crippen molar-refractivity contribution in [3.8, 4) is 17.1 Å². The molecule has 1 N–H and O–H groups in total. The van der Waals surface area contributed by atoms with Gasteiger partial charge in [0.1, 0.15) is 0 Å². The largest absolute Gasteiger partial charge is 0.387 e. The molecule has 1 aliphatic rings. The summed E-state index contributed by atoms with van der Waals surface area (Å²) in [6.45, 7) is 17.6. The fraction of sp³-hybridized carbons (Fsp3) is 0.143. The normalized spacial score (nSPS) is 12.5. The molecule has 10 rings (SSSR count). The monoisotopic (exact) mass is 898 g/mol. The molecule has 0 saturated carbocycles. The zero-order chi connectivity index (χ0) is 47.4. The summed E-state index contributed by atoms with van der Waals surface area (Å²) in [4.78, 5) is 8.88. The standard InChI is InChI=1S/C63H58N6/c1-7-13-58-52(10-4)55-40-64-31-28-61(55)67(58)49-22-16-43(17-23-49)34-46-37-47(35-44-18-24-50(25-19-44)68-59(14-8-2)53(11-5)56-41-65-32-29-62(56)68)39-48(38-46)36-45-20-26-51(27-21-45)69-60(15-9-3)54(12-6)57-42-66-33-30-63(57)69/h7-11,13-33,37-41,66H,4-5,12,34-36,42H2,1-3,6H3/b13-7-,14-8-,15-9-. The third kappa shape index (κ3) is 8.44. The molecule has 6 nitrogen and oxygen atoms in total. The lowest BCUT2D eigenvalue weighted by molar-refractivity contribution is 0.840. The molecule has 0 saturated heterocycles. The van der Waals surface area contributed by atoms with Gasteiger partial charge in [0, 0.05) is 81.6 Å². The van der Waals surface area contributed by atoms with E-state index in [4.69, 9.17) is 0 Å². The van der Waals surface area contributed by atoms with Crippen LogP contribution in [0.4, 0.5) is 0 Å². The van der Waals surface area contributed by atoms with Crippen molar-refractivity contribution in [2.45, 2.75) is 59.9 Å². The number of aromatic nitrogens is 5. The van der Waals surface area contributed by atoms with Gasteiger partial charge in [-0.3, -0.25) is 9.97 Å². The summed E-state index contributed by atoms with van der Waals surface area (Å²) in [6, 6.07) is 38.7. The summed E-state index contributed by atoms with van der Waals surface area (Å²) in [5, 5.41) is 5.63. The maximum Gasteiger partial charge on any atom is 0.0571 e. The topological polar surface area (TPSA) is 52.6 Å². The first kappa shape index (κ1) is 44.6. The van der Waals surface area contributed by atoms with E-state index in [1.54, 1.807) is 0 Å². The second kappa shape index (κ2) is 19.6. The fourth-order valence-corrected chi connectivity index (χ4v) is 10.5. The minimum Gasteiger partial charge on any atom is -0.387 e. The van der Waals surface area contributed by atoms with E-state index >= 15 is 0 Å². The molecule has 4 aromatic carbocycles. The second-order valence-corrected chi connectivity index (χ2v) is 17.8. The molecule has 69 heavy (non-hydrogen) atoms. The molecule has 0 amide bonds. The minimum absolute atomic E-state index is 0.818. The van der Waals surface area contributed by atoms with Crippen molar-refractivity contribution >= 4 is 58.3 Å². The Hall–Kier alpha value is -8.22. The first-order valence-electron chi connectivity index (χ1n) is 24.1. The third-order valence-corrected chi connectivity index (χ3v) is 13.5. The van der Waals surface area contributed by atoms with Crippen molar-refractivity contribution in [3.63, 3.8) is 0 Å². The molecule has 6 heterocycles. The van der Waals surface area contributed by atoms with Crippen LogP contribution in [0.1, 0.15) is 106 Å². The van der Waals surface area contributed by atoms with Crippen molar-refractivity contribution in [2.75, 3.05) is 0 Å². The van der Waals surface area contributed by atoms with Gasteiger partial charge in [-0.25, -0.2) is 0 Å². The molecule has 0 fully saturated rings. The summed E-state index contributed by atoms with van der Waals surface area (Å²) >= 11 is 0. The Labute approximate surface area is 406 Å². The molecule has 0 aliphatic carbocycles. The molecule has 6 heteroatoms. The van der Waals surface area contributed by atoms with Crippen molar-refractivity contribution in [2.24, 2.45) is 0 Å². The van der Waals surface area contributed by atoms with E-state index in [0.717, 1.165) is 87.9 Å². The van der Waals surface area contributed by atoms with Crippen LogP contribution in [0.15, 0.2) is 166 Å². The van der Waals surface area contributed by atoms with Gasteiger partial charge in [-0.05, 0) is 164 Å². The molecule has 0 unspecified atom stereocenters. The predicted molar refractivity (Wildman–Crippen MR) is 292 cm³/mol. The van der Waals surface area contributed by atoms with Gasteiger partial charge in [0.15, 0.2) is 0 Å². The van der Waals surface area contributed by atoms with E-state index in [1.165, 1.54) is 61.6 Å². The zero-order valence-corrected chi connectivity index (χ0v) is 40.1. The van der Waals surface area contributed by atoms with Crippen molar-refractivity contribution < 1.29 is 0 Å². The maximum atomic E-state index is 4.44. The molecule has 0 radical (unpaired) electrons. The van der Waals surface area contributed by atoms with Crippen LogP contribution in [0.3, 0.4) is 0 Å². The SMILES string of the molecule is C=Cc1c(/C=C\C)n(-c2ccc(Cc3cc(Cc4ccc(-n5c6c(c(CC)c5/C=C\C)CNC=C6)cc4)cc(Cc4ccc(-n5c(/C=C\C)c(C=C)c6cnccc65)cc4)c3)cc2)c2ccncc12. The fourth-order valence-electron chi connectivity index (χ4n) is 10.5. The van der Waals surface area contributed by atoms with Gasteiger partial charge in [-0.2, -0.15) is 0 Å². The number of hydrogen-bond acceptors (Lipinski definition) is 3. The van der Waals surface area contributed by atoms with Crippen molar-refractivity contribution in [1.82, 2.24) is 29.0 Å². The van der Waals surface area contributed by atoms with Crippen molar-refractivity contribution in [1.29, 1.82) is 0 Å². The number of pyridine rings is 2. The van der Waals surface area contributed by atoms with E-state index in [-0.39, 0.29) is 0 Å². The van der Waals surface area contributed by atoms with Gasteiger partial charge >= 0.3 is 0 Å². The Kier molecular flexibility index (Phi) is 12.6. The van der Waals surface area contributed by atoms with Gasteiger partial charge in [0.05, 0.1) is 28.1 Å². The van der Waals surface area contributed by atoms with Crippen LogP contribution in [-0.2, 0) is 32.2 Å². The highest BCUT2D eigenvalue weighted by molar-refractivity contribution is 5.95. The number of nitrogens with one attached hydrogen (secondary N) is 1. The van der Waals surface area contributed by atoms with Crippen LogP contribution >= 0.6 is 0 Å². The lowest BCUT2D eigenvalue weighted by Crippen LogP contribution is -2.11. The Morgan fingerprint density at radius 2 is 0.957 bits per heavy atom. The minimum atomic E-state index is 0.818.